The molecule has 0 radical (unpaired) electrons. The van der Waals surface area contributed by atoms with Crippen molar-refractivity contribution < 1.29 is 9.59 Å². The Bertz CT molecular complexity index is 507. The zero-order valence-corrected chi connectivity index (χ0v) is 10.3. The van der Waals surface area contributed by atoms with E-state index in [0.717, 1.165) is 18.4 Å². The Morgan fingerprint density at radius 3 is 2.50 bits per heavy atom. The van der Waals surface area contributed by atoms with Gasteiger partial charge in [0, 0.05) is 17.8 Å². The summed E-state index contributed by atoms with van der Waals surface area (Å²) in [6.07, 6.45) is 1.68. The summed E-state index contributed by atoms with van der Waals surface area (Å²) in [5, 5.41) is 2.86. The van der Waals surface area contributed by atoms with E-state index in [9.17, 15) is 9.59 Å². The third-order valence-electron chi connectivity index (χ3n) is 3.49. The molecule has 0 heterocycles. The lowest BCUT2D eigenvalue weighted by Gasteiger charge is -2.14. The van der Waals surface area contributed by atoms with Crippen molar-refractivity contribution in [2.75, 3.05) is 11.9 Å². The molecule has 0 spiro atoms. The Kier molecular flexibility index (Phi) is 3.09. The van der Waals surface area contributed by atoms with E-state index >= 15 is 0 Å². The second kappa shape index (κ2) is 4.42. The van der Waals surface area contributed by atoms with E-state index in [0.29, 0.717) is 17.8 Å². The van der Waals surface area contributed by atoms with E-state index in [2.05, 4.69) is 5.32 Å². The molecule has 18 heavy (non-hydrogen) atoms. The zero-order chi connectivity index (χ0) is 13.3. The van der Waals surface area contributed by atoms with Gasteiger partial charge < -0.3 is 16.8 Å². The fourth-order valence-corrected chi connectivity index (χ4v) is 1.89. The highest BCUT2D eigenvalue weighted by Gasteiger charge is 2.48. The predicted octanol–water partition coefficient (Wildman–Crippen LogP) is 0.771. The van der Waals surface area contributed by atoms with E-state index in [-0.39, 0.29) is 11.3 Å². The third kappa shape index (κ3) is 2.22. The topological polar surface area (TPSA) is 98.2 Å². The van der Waals surface area contributed by atoms with Crippen LogP contribution in [0.3, 0.4) is 0 Å². The van der Waals surface area contributed by atoms with Gasteiger partial charge in [-0.05, 0) is 43.5 Å². The quantitative estimate of drug-likeness (QED) is 0.733. The molecular formula is C13H17N3O2. The first-order valence-electron chi connectivity index (χ1n) is 5.90. The first-order chi connectivity index (χ1) is 8.48. The number of hydrogen-bond acceptors (Lipinski definition) is 3. The van der Waals surface area contributed by atoms with Gasteiger partial charge in [0.25, 0.3) is 0 Å². The lowest BCUT2D eigenvalue weighted by molar-refractivity contribution is -0.120. The predicted molar refractivity (Wildman–Crippen MR) is 69.0 cm³/mol. The molecule has 1 saturated carbocycles. The van der Waals surface area contributed by atoms with Crippen LogP contribution in [0.2, 0.25) is 0 Å². The molecule has 0 aromatic heterocycles. The molecular weight excluding hydrogens is 230 g/mol. The summed E-state index contributed by atoms with van der Waals surface area (Å²) >= 11 is 0. The van der Waals surface area contributed by atoms with Crippen LogP contribution in [0.15, 0.2) is 18.2 Å². The number of amides is 2. The van der Waals surface area contributed by atoms with Crippen molar-refractivity contribution in [2.45, 2.75) is 19.8 Å². The normalized spacial score (nSPS) is 16.1. The molecule has 0 saturated heterocycles. The van der Waals surface area contributed by atoms with Crippen LogP contribution in [0, 0.1) is 12.3 Å². The molecule has 1 aliphatic carbocycles. The van der Waals surface area contributed by atoms with E-state index < -0.39 is 5.91 Å². The van der Waals surface area contributed by atoms with E-state index in [1.165, 1.54) is 0 Å². The number of nitrogens with two attached hydrogens (primary N) is 2. The van der Waals surface area contributed by atoms with Gasteiger partial charge in [-0.3, -0.25) is 9.59 Å². The highest BCUT2D eigenvalue weighted by molar-refractivity contribution is 5.99. The first-order valence-corrected chi connectivity index (χ1v) is 5.90. The molecule has 5 heteroatoms. The van der Waals surface area contributed by atoms with Gasteiger partial charge in [-0.25, -0.2) is 0 Å². The molecule has 0 atom stereocenters. The Morgan fingerprint density at radius 1 is 1.39 bits per heavy atom. The number of hydrogen-bond donors (Lipinski definition) is 3. The van der Waals surface area contributed by atoms with Crippen LogP contribution >= 0.6 is 0 Å². The monoisotopic (exact) mass is 247 g/mol. The molecule has 0 aliphatic heterocycles. The summed E-state index contributed by atoms with van der Waals surface area (Å²) in [5.41, 5.74) is 12.4. The number of anilines is 1. The van der Waals surface area contributed by atoms with Crippen molar-refractivity contribution >= 4 is 17.5 Å². The van der Waals surface area contributed by atoms with Gasteiger partial charge in [0.2, 0.25) is 11.8 Å². The van der Waals surface area contributed by atoms with Crippen molar-refractivity contribution in [3.63, 3.8) is 0 Å². The second-order valence-corrected chi connectivity index (χ2v) is 4.83. The Labute approximate surface area is 106 Å². The van der Waals surface area contributed by atoms with Crippen molar-refractivity contribution in [2.24, 2.45) is 16.9 Å². The van der Waals surface area contributed by atoms with Crippen molar-refractivity contribution in [3.8, 4) is 0 Å². The summed E-state index contributed by atoms with van der Waals surface area (Å²) in [6.45, 7) is 2.20. The average Bonchev–Trinajstić information content (AvgIpc) is 3.12. The van der Waals surface area contributed by atoms with Gasteiger partial charge in [0.05, 0.1) is 5.41 Å². The number of rotatable bonds is 4. The minimum atomic E-state index is -0.475. The van der Waals surface area contributed by atoms with E-state index in [1.54, 1.807) is 18.2 Å². The fourth-order valence-electron chi connectivity index (χ4n) is 1.89. The number of primary amides is 1. The van der Waals surface area contributed by atoms with Crippen LogP contribution in [0.4, 0.5) is 5.69 Å². The van der Waals surface area contributed by atoms with Crippen molar-refractivity contribution in [1.82, 2.24) is 0 Å². The number of carbonyl (C=O) groups is 2. The Balaban J connectivity index is 2.15. The van der Waals surface area contributed by atoms with Gasteiger partial charge in [-0.15, -0.1) is 0 Å². The van der Waals surface area contributed by atoms with E-state index in [4.69, 9.17) is 11.5 Å². The molecule has 2 amide bonds. The van der Waals surface area contributed by atoms with Crippen LogP contribution in [0.1, 0.15) is 28.8 Å². The average molecular weight is 247 g/mol. The standard InChI is InChI=1S/C13H17N3O2/c1-8-6-9(11(15)17)2-3-10(8)16-12(18)13(7-14)4-5-13/h2-3,6H,4-5,7,14H2,1H3,(H2,15,17)(H,16,18). The first kappa shape index (κ1) is 12.6. The molecule has 1 aromatic carbocycles. The summed E-state index contributed by atoms with van der Waals surface area (Å²) < 4.78 is 0. The van der Waals surface area contributed by atoms with Gasteiger partial charge in [-0.2, -0.15) is 0 Å². The molecule has 1 aliphatic rings. The molecule has 2 rings (SSSR count). The van der Waals surface area contributed by atoms with E-state index in [1.807, 2.05) is 6.92 Å². The fraction of sp³-hybridized carbons (Fsp3) is 0.385. The zero-order valence-electron chi connectivity index (χ0n) is 10.3. The highest BCUT2D eigenvalue weighted by Crippen LogP contribution is 2.45. The molecule has 0 bridgehead atoms. The maximum atomic E-state index is 12.0. The van der Waals surface area contributed by atoms with Gasteiger partial charge in [-0.1, -0.05) is 0 Å². The third-order valence-corrected chi connectivity index (χ3v) is 3.49. The second-order valence-electron chi connectivity index (χ2n) is 4.83. The molecule has 1 fully saturated rings. The number of benzene rings is 1. The number of nitrogens with one attached hydrogen (secondary N) is 1. The van der Waals surface area contributed by atoms with Crippen molar-refractivity contribution in [1.29, 1.82) is 0 Å². The van der Waals surface area contributed by atoms with Crippen LogP contribution in [0.25, 0.3) is 0 Å². The number of carbonyl (C=O) groups excluding carboxylic acids is 2. The van der Waals surface area contributed by atoms with Crippen LogP contribution in [-0.2, 0) is 4.79 Å². The van der Waals surface area contributed by atoms with Crippen LogP contribution < -0.4 is 16.8 Å². The summed E-state index contributed by atoms with van der Waals surface area (Å²) in [4.78, 5) is 23.0. The van der Waals surface area contributed by atoms with Gasteiger partial charge in [0.1, 0.15) is 0 Å². The van der Waals surface area contributed by atoms with Crippen molar-refractivity contribution in [3.05, 3.63) is 29.3 Å². The lowest BCUT2D eigenvalue weighted by atomic mass is 10.1. The lowest BCUT2D eigenvalue weighted by Crippen LogP contribution is -2.31. The molecule has 5 nitrogen and oxygen atoms in total. The highest BCUT2D eigenvalue weighted by atomic mass is 16.2. The summed E-state index contributed by atoms with van der Waals surface area (Å²) in [6, 6.07) is 4.97. The Hall–Kier alpha value is -1.88. The molecule has 0 unspecified atom stereocenters. The summed E-state index contributed by atoms with van der Waals surface area (Å²) in [7, 11) is 0. The summed E-state index contributed by atoms with van der Waals surface area (Å²) in [5.74, 6) is -0.517. The number of aryl methyl sites for hydroxylation is 1. The minimum Gasteiger partial charge on any atom is -0.366 e. The molecule has 96 valence electrons. The van der Waals surface area contributed by atoms with Crippen LogP contribution in [0.5, 0.6) is 0 Å². The van der Waals surface area contributed by atoms with Gasteiger partial charge >= 0.3 is 0 Å². The maximum Gasteiger partial charge on any atom is 0.248 e. The van der Waals surface area contributed by atoms with Gasteiger partial charge in [0.15, 0.2) is 0 Å². The SMILES string of the molecule is Cc1cc(C(N)=O)ccc1NC(=O)C1(CN)CC1. The van der Waals surface area contributed by atoms with Crippen LogP contribution in [-0.4, -0.2) is 18.4 Å². The minimum absolute atomic E-state index is 0.0417. The largest absolute Gasteiger partial charge is 0.366 e. The molecule has 1 aromatic rings. The maximum absolute atomic E-state index is 12.0. The smallest absolute Gasteiger partial charge is 0.248 e. The Morgan fingerprint density at radius 2 is 2.06 bits per heavy atom. The molecule has 5 N–H and O–H groups in total.